The number of nitrogens with zero attached hydrogens (tertiary/aromatic N) is 3. The molecular weight excluding hydrogens is 334 g/mol. The van der Waals surface area contributed by atoms with Crippen LogP contribution in [0.1, 0.15) is 36.7 Å². The lowest BCUT2D eigenvalue weighted by Crippen LogP contribution is -2.43. The maximum absolute atomic E-state index is 12.5. The Morgan fingerprint density at radius 1 is 1.33 bits per heavy atom. The first-order valence-electron chi connectivity index (χ1n) is 7.78. The van der Waals surface area contributed by atoms with E-state index in [0.717, 1.165) is 0 Å². The molecule has 1 saturated heterocycles. The van der Waals surface area contributed by atoms with E-state index in [-0.39, 0.29) is 24.4 Å². The highest BCUT2D eigenvalue weighted by molar-refractivity contribution is 6.30. The summed E-state index contributed by atoms with van der Waals surface area (Å²) in [7, 11) is 0. The first kappa shape index (κ1) is 18.2. The van der Waals surface area contributed by atoms with Crippen molar-refractivity contribution in [3.05, 3.63) is 29.0 Å². The predicted octanol–water partition coefficient (Wildman–Crippen LogP) is 1.66. The molecule has 1 aromatic heterocycles. The fourth-order valence-corrected chi connectivity index (χ4v) is 3.01. The zero-order valence-electron chi connectivity index (χ0n) is 13.4. The molecular formula is C16H20ClN3O4. The van der Waals surface area contributed by atoms with E-state index in [2.05, 4.69) is 4.98 Å². The third-order valence-electron chi connectivity index (χ3n) is 4.08. The van der Waals surface area contributed by atoms with Crippen LogP contribution in [0, 0.1) is 0 Å². The standard InChI is InChI=1S/C16H20ClN3O4/c1-11(21)20(10-15(22)23)13-3-2-7-19(8-6-13)16(24)14-5-4-12(17)9-18-14/h4-5,9,13H,2-3,6-8,10H2,1H3,(H,22,23). The van der Waals surface area contributed by atoms with Crippen LogP contribution in [0.25, 0.3) is 0 Å². The molecule has 0 bridgehead atoms. The molecule has 2 heterocycles. The Morgan fingerprint density at radius 2 is 2.08 bits per heavy atom. The number of carbonyl (C=O) groups excluding carboxylic acids is 2. The van der Waals surface area contributed by atoms with Crippen molar-refractivity contribution in [3.63, 3.8) is 0 Å². The zero-order chi connectivity index (χ0) is 17.7. The molecule has 1 fully saturated rings. The molecule has 0 spiro atoms. The van der Waals surface area contributed by atoms with Crippen LogP contribution in [-0.4, -0.2) is 63.4 Å². The van der Waals surface area contributed by atoms with Crippen LogP contribution in [0.4, 0.5) is 0 Å². The van der Waals surface area contributed by atoms with Gasteiger partial charge < -0.3 is 14.9 Å². The molecule has 0 aliphatic carbocycles. The predicted molar refractivity (Wildman–Crippen MR) is 87.8 cm³/mol. The Bertz CT molecular complexity index is 620. The maximum Gasteiger partial charge on any atom is 0.323 e. The number of carbonyl (C=O) groups is 3. The van der Waals surface area contributed by atoms with Crippen molar-refractivity contribution >= 4 is 29.4 Å². The minimum absolute atomic E-state index is 0.172. The second-order valence-corrected chi connectivity index (χ2v) is 6.22. The molecule has 1 aromatic rings. The van der Waals surface area contributed by atoms with Gasteiger partial charge in [0.2, 0.25) is 5.91 Å². The number of hydrogen-bond donors (Lipinski definition) is 1. The monoisotopic (exact) mass is 353 g/mol. The highest BCUT2D eigenvalue weighted by atomic mass is 35.5. The van der Waals surface area contributed by atoms with Gasteiger partial charge in [0.1, 0.15) is 12.2 Å². The second-order valence-electron chi connectivity index (χ2n) is 5.78. The molecule has 1 aliphatic rings. The third kappa shape index (κ3) is 4.67. The average molecular weight is 354 g/mol. The lowest BCUT2D eigenvalue weighted by molar-refractivity contribution is -0.145. The lowest BCUT2D eigenvalue weighted by atomic mass is 10.1. The fraction of sp³-hybridized carbons (Fsp3) is 0.500. The van der Waals surface area contributed by atoms with Crippen molar-refractivity contribution in [1.29, 1.82) is 0 Å². The van der Waals surface area contributed by atoms with Gasteiger partial charge in [0, 0.05) is 32.3 Å². The summed E-state index contributed by atoms with van der Waals surface area (Å²) < 4.78 is 0. The highest BCUT2D eigenvalue weighted by Gasteiger charge is 2.28. The topological polar surface area (TPSA) is 90.8 Å². The van der Waals surface area contributed by atoms with Crippen LogP contribution in [0.5, 0.6) is 0 Å². The Kier molecular flexibility index (Phi) is 6.14. The van der Waals surface area contributed by atoms with E-state index in [9.17, 15) is 14.4 Å². The number of carboxylic acid groups (broad SMARTS) is 1. The Hall–Kier alpha value is -2.15. The number of pyridine rings is 1. The molecule has 0 saturated carbocycles. The Balaban J connectivity index is 2.03. The Labute approximate surface area is 145 Å². The molecule has 0 aromatic carbocycles. The summed E-state index contributed by atoms with van der Waals surface area (Å²) in [5.41, 5.74) is 0.326. The van der Waals surface area contributed by atoms with E-state index < -0.39 is 5.97 Å². The first-order chi connectivity index (χ1) is 11.4. The van der Waals surface area contributed by atoms with Gasteiger partial charge in [0.05, 0.1) is 5.02 Å². The van der Waals surface area contributed by atoms with Crippen molar-refractivity contribution in [1.82, 2.24) is 14.8 Å². The molecule has 1 aliphatic heterocycles. The number of likely N-dealkylation sites (tertiary alicyclic amines) is 1. The van der Waals surface area contributed by atoms with E-state index in [1.807, 2.05) is 0 Å². The molecule has 24 heavy (non-hydrogen) atoms. The van der Waals surface area contributed by atoms with Gasteiger partial charge in [-0.1, -0.05) is 11.6 Å². The summed E-state index contributed by atoms with van der Waals surface area (Å²) in [6.45, 7) is 2.07. The van der Waals surface area contributed by atoms with E-state index in [1.54, 1.807) is 17.0 Å². The molecule has 1 unspecified atom stereocenters. The largest absolute Gasteiger partial charge is 0.480 e. The number of amides is 2. The van der Waals surface area contributed by atoms with Crippen LogP contribution >= 0.6 is 11.6 Å². The minimum Gasteiger partial charge on any atom is -0.480 e. The smallest absolute Gasteiger partial charge is 0.323 e. The van der Waals surface area contributed by atoms with Gasteiger partial charge in [-0.25, -0.2) is 4.98 Å². The number of carboxylic acids is 1. The first-order valence-corrected chi connectivity index (χ1v) is 8.16. The normalized spacial score (nSPS) is 17.9. The van der Waals surface area contributed by atoms with Crippen molar-refractivity contribution in [2.24, 2.45) is 0 Å². The van der Waals surface area contributed by atoms with Gasteiger partial charge in [0.25, 0.3) is 5.91 Å². The number of aliphatic carboxylic acids is 1. The van der Waals surface area contributed by atoms with Gasteiger partial charge in [-0.15, -0.1) is 0 Å². The van der Waals surface area contributed by atoms with Gasteiger partial charge >= 0.3 is 5.97 Å². The van der Waals surface area contributed by atoms with Crippen LogP contribution in [0.15, 0.2) is 18.3 Å². The van der Waals surface area contributed by atoms with Crippen LogP contribution in [0.2, 0.25) is 5.02 Å². The zero-order valence-corrected chi connectivity index (χ0v) is 14.2. The van der Waals surface area contributed by atoms with E-state index in [1.165, 1.54) is 18.0 Å². The van der Waals surface area contributed by atoms with Crippen molar-refractivity contribution < 1.29 is 19.5 Å². The fourth-order valence-electron chi connectivity index (χ4n) is 2.90. The van der Waals surface area contributed by atoms with Crippen molar-refractivity contribution in [2.45, 2.75) is 32.2 Å². The molecule has 2 rings (SSSR count). The molecule has 7 nitrogen and oxygen atoms in total. The summed E-state index contributed by atoms with van der Waals surface area (Å²) in [5, 5.41) is 9.43. The number of aromatic nitrogens is 1. The molecule has 2 amide bonds. The van der Waals surface area contributed by atoms with Crippen LogP contribution < -0.4 is 0 Å². The van der Waals surface area contributed by atoms with E-state index in [0.29, 0.717) is 43.1 Å². The lowest BCUT2D eigenvalue weighted by Gasteiger charge is -2.28. The molecule has 1 atom stereocenters. The maximum atomic E-state index is 12.5. The Morgan fingerprint density at radius 3 is 2.67 bits per heavy atom. The van der Waals surface area contributed by atoms with Crippen LogP contribution in [-0.2, 0) is 9.59 Å². The summed E-state index contributed by atoms with van der Waals surface area (Å²) in [6.07, 6.45) is 3.35. The summed E-state index contributed by atoms with van der Waals surface area (Å²) in [4.78, 5) is 42.3. The number of halogens is 1. The van der Waals surface area contributed by atoms with Gasteiger partial charge in [0.15, 0.2) is 0 Å². The van der Waals surface area contributed by atoms with E-state index in [4.69, 9.17) is 16.7 Å². The number of hydrogen-bond acceptors (Lipinski definition) is 4. The minimum atomic E-state index is -1.03. The molecule has 130 valence electrons. The van der Waals surface area contributed by atoms with Crippen molar-refractivity contribution in [3.8, 4) is 0 Å². The third-order valence-corrected chi connectivity index (χ3v) is 4.31. The average Bonchev–Trinajstić information content (AvgIpc) is 2.78. The quantitative estimate of drug-likeness (QED) is 0.889. The summed E-state index contributed by atoms with van der Waals surface area (Å²) in [5.74, 6) is -1.48. The molecule has 0 radical (unpaired) electrons. The summed E-state index contributed by atoms with van der Waals surface area (Å²) in [6, 6.07) is 3.03. The van der Waals surface area contributed by atoms with Crippen molar-refractivity contribution in [2.75, 3.05) is 19.6 Å². The summed E-state index contributed by atoms with van der Waals surface area (Å²) >= 11 is 5.78. The SMILES string of the molecule is CC(=O)N(CC(=O)O)C1CCCN(C(=O)c2ccc(Cl)cn2)CC1. The molecule has 8 heteroatoms. The molecule has 1 N–H and O–H groups in total. The number of rotatable bonds is 4. The van der Waals surface area contributed by atoms with Gasteiger partial charge in [-0.3, -0.25) is 14.4 Å². The van der Waals surface area contributed by atoms with E-state index >= 15 is 0 Å². The van der Waals surface area contributed by atoms with Gasteiger partial charge in [-0.2, -0.15) is 0 Å². The van der Waals surface area contributed by atoms with Gasteiger partial charge in [-0.05, 0) is 31.4 Å². The van der Waals surface area contributed by atoms with Crippen LogP contribution in [0.3, 0.4) is 0 Å². The highest BCUT2D eigenvalue weighted by Crippen LogP contribution is 2.19. The second kappa shape index (κ2) is 8.10.